The number of carbonyl (C=O) groups excluding carboxylic acids is 1. The molecule has 0 saturated heterocycles. The minimum Gasteiger partial charge on any atom is -0.300 e. The summed E-state index contributed by atoms with van der Waals surface area (Å²) in [6.45, 7) is 0. The number of alkyl halides is 3. The van der Waals surface area contributed by atoms with E-state index >= 15 is 0 Å². The van der Waals surface area contributed by atoms with E-state index in [2.05, 4.69) is 0 Å². The Kier molecular flexibility index (Phi) is 3.72. The summed E-state index contributed by atoms with van der Waals surface area (Å²) >= 11 is 1.29. The highest BCUT2D eigenvalue weighted by atomic mass is 32.2. The van der Waals surface area contributed by atoms with Gasteiger partial charge in [-0.2, -0.15) is 13.2 Å². The van der Waals surface area contributed by atoms with Crippen molar-refractivity contribution >= 4 is 17.5 Å². The molecule has 1 fully saturated rings. The van der Waals surface area contributed by atoms with Gasteiger partial charge >= 0.3 is 6.18 Å². The van der Waals surface area contributed by atoms with Gasteiger partial charge < -0.3 is 0 Å². The van der Waals surface area contributed by atoms with Crippen LogP contribution in [0, 0.1) is 5.82 Å². The van der Waals surface area contributed by atoms with Crippen LogP contribution in [0.5, 0.6) is 0 Å². The van der Waals surface area contributed by atoms with Gasteiger partial charge in [-0.3, -0.25) is 4.79 Å². The first kappa shape index (κ1) is 16.6. The SMILES string of the molecule is O=C1CCC2(CC1)c1ccc(F)cc1Sc1ccc(C(F)(F)F)cc12. The Morgan fingerprint density at radius 1 is 0.920 bits per heavy atom. The maximum atomic E-state index is 13.7. The van der Waals surface area contributed by atoms with Crippen molar-refractivity contribution < 1.29 is 22.4 Å². The Morgan fingerprint density at radius 3 is 2.32 bits per heavy atom. The summed E-state index contributed by atoms with van der Waals surface area (Å²) < 4.78 is 53.3. The number of benzene rings is 2. The molecule has 0 aromatic heterocycles. The number of halogens is 4. The fourth-order valence-corrected chi connectivity index (χ4v) is 5.19. The van der Waals surface area contributed by atoms with Crippen LogP contribution in [0.1, 0.15) is 42.4 Å². The fourth-order valence-electron chi connectivity index (χ4n) is 3.90. The zero-order valence-electron chi connectivity index (χ0n) is 13.1. The topological polar surface area (TPSA) is 17.1 Å². The first-order valence-corrected chi connectivity index (χ1v) is 8.83. The predicted octanol–water partition coefficient (Wildman–Crippen LogP) is 5.74. The molecular formula is C19H14F4OS. The van der Waals surface area contributed by atoms with E-state index in [0.717, 1.165) is 16.5 Å². The molecule has 1 nitrogen and oxygen atoms in total. The molecule has 130 valence electrons. The van der Waals surface area contributed by atoms with Gasteiger partial charge in [0.1, 0.15) is 11.6 Å². The number of hydrogen-bond donors (Lipinski definition) is 0. The summed E-state index contributed by atoms with van der Waals surface area (Å²) in [5.41, 5.74) is 0.101. The average molecular weight is 366 g/mol. The van der Waals surface area contributed by atoms with Gasteiger partial charge in [0.05, 0.1) is 5.56 Å². The minimum atomic E-state index is -4.42. The monoisotopic (exact) mass is 366 g/mol. The molecule has 0 radical (unpaired) electrons. The molecule has 1 aliphatic carbocycles. The quantitative estimate of drug-likeness (QED) is 0.553. The number of Topliss-reactive ketones (excluding diaryl/α,β-unsaturated/α-hetero) is 1. The van der Waals surface area contributed by atoms with E-state index in [-0.39, 0.29) is 11.6 Å². The van der Waals surface area contributed by atoms with Gasteiger partial charge in [0.25, 0.3) is 0 Å². The van der Waals surface area contributed by atoms with E-state index in [1.165, 1.54) is 36.0 Å². The maximum Gasteiger partial charge on any atom is 0.416 e. The molecule has 2 aromatic carbocycles. The van der Waals surface area contributed by atoms with Crippen LogP contribution in [0.15, 0.2) is 46.2 Å². The van der Waals surface area contributed by atoms with Crippen LogP contribution in [-0.2, 0) is 16.4 Å². The van der Waals surface area contributed by atoms with E-state index in [0.29, 0.717) is 36.1 Å². The molecule has 0 unspecified atom stereocenters. The highest BCUT2D eigenvalue weighted by molar-refractivity contribution is 7.99. The van der Waals surface area contributed by atoms with Crippen molar-refractivity contribution in [2.75, 3.05) is 0 Å². The Labute approximate surface area is 146 Å². The minimum absolute atomic E-state index is 0.126. The summed E-state index contributed by atoms with van der Waals surface area (Å²) in [5.74, 6) is -0.246. The highest BCUT2D eigenvalue weighted by Crippen LogP contribution is 2.55. The summed E-state index contributed by atoms with van der Waals surface area (Å²) in [6.07, 6.45) is -2.85. The average Bonchev–Trinajstić information content (AvgIpc) is 2.56. The van der Waals surface area contributed by atoms with E-state index in [1.807, 2.05) is 0 Å². The lowest BCUT2D eigenvalue weighted by atomic mass is 9.64. The molecule has 1 aliphatic heterocycles. The summed E-state index contributed by atoms with van der Waals surface area (Å²) in [4.78, 5) is 13.2. The van der Waals surface area contributed by atoms with Crippen molar-refractivity contribution in [1.82, 2.24) is 0 Å². The Morgan fingerprint density at radius 2 is 1.64 bits per heavy atom. The standard InChI is InChI=1S/C19H14F4OS/c20-12-2-3-14-17(10-12)25-16-4-1-11(19(21,22)23)9-15(16)18(14)7-5-13(24)6-8-18/h1-4,9-10H,5-8H2. The van der Waals surface area contributed by atoms with Crippen LogP contribution < -0.4 is 0 Å². The molecule has 6 heteroatoms. The van der Waals surface area contributed by atoms with Crippen molar-refractivity contribution in [2.45, 2.75) is 47.1 Å². The van der Waals surface area contributed by atoms with Crippen LogP contribution in [0.2, 0.25) is 0 Å². The number of ketones is 1. The van der Waals surface area contributed by atoms with E-state index in [9.17, 15) is 22.4 Å². The number of carbonyl (C=O) groups is 1. The second-order valence-electron chi connectivity index (χ2n) is 6.57. The van der Waals surface area contributed by atoms with Gasteiger partial charge in [-0.15, -0.1) is 0 Å². The van der Waals surface area contributed by atoms with Gasteiger partial charge in [-0.1, -0.05) is 17.8 Å². The molecule has 1 spiro atoms. The maximum absolute atomic E-state index is 13.7. The Balaban J connectivity index is 1.94. The summed E-state index contributed by atoms with van der Waals surface area (Å²) in [5, 5.41) is 0. The third kappa shape index (κ3) is 2.67. The number of rotatable bonds is 0. The molecule has 2 aromatic rings. The third-order valence-electron chi connectivity index (χ3n) is 5.16. The van der Waals surface area contributed by atoms with Gasteiger partial charge in [0, 0.05) is 28.0 Å². The second kappa shape index (κ2) is 5.59. The Hall–Kier alpha value is -1.82. The smallest absolute Gasteiger partial charge is 0.300 e. The molecule has 4 rings (SSSR count). The molecule has 0 atom stereocenters. The van der Waals surface area contributed by atoms with Crippen LogP contribution in [0.25, 0.3) is 0 Å². The Bertz CT molecular complexity index is 862. The second-order valence-corrected chi connectivity index (χ2v) is 7.66. The molecule has 0 N–H and O–H groups in total. The fraction of sp³-hybridized carbons (Fsp3) is 0.316. The lowest BCUT2D eigenvalue weighted by Gasteiger charge is -2.43. The molecule has 1 saturated carbocycles. The normalized spacial score (nSPS) is 18.8. The largest absolute Gasteiger partial charge is 0.416 e. The third-order valence-corrected chi connectivity index (χ3v) is 6.30. The lowest BCUT2D eigenvalue weighted by molar-refractivity contribution is -0.137. The molecular weight excluding hydrogens is 352 g/mol. The molecule has 25 heavy (non-hydrogen) atoms. The van der Waals surface area contributed by atoms with Crippen molar-refractivity contribution in [3.8, 4) is 0 Å². The zero-order chi connectivity index (χ0) is 17.8. The van der Waals surface area contributed by atoms with Crippen molar-refractivity contribution in [3.63, 3.8) is 0 Å². The zero-order valence-corrected chi connectivity index (χ0v) is 13.9. The predicted molar refractivity (Wildman–Crippen MR) is 86.2 cm³/mol. The van der Waals surface area contributed by atoms with Gasteiger partial charge in [0.15, 0.2) is 0 Å². The molecule has 2 aliphatic rings. The van der Waals surface area contributed by atoms with Crippen molar-refractivity contribution in [2.24, 2.45) is 0 Å². The van der Waals surface area contributed by atoms with Crippen LogP contribution in [0.3, 0.4) is 0 Å². The number of hydrogen-bond acceptors (Lipinski definition) is 2. The molecule has 0 bridgehead atoms. The van der Waals surface area contributed by atoms with Crippen molar-refractivity contribution in [3.05, 3.63) is 58.9 Å². The van der Waals surface area contributed by atoms with Crippen LogP contribution in [-0.4, -0.2) is 5.78 Å². The van der Waals surface area contributed by atoms with Gasteiger partial charge in [-0.05, 0) is 54.3 Å². The molecule has 0 amide bonds. The van der Waals surface area contributed by atoms with Gasteiger partial charge in [-0.25, -0.2) is 4.39 Å². The van der Waals surface area contributed by atoms with Gasteiger partial charge in [0.2, 0.25) is 0 Å². The van der Waals surface area contributed by atoms with E-state index < -0.39 is 17.2 Å². The summed E-state index contributed by atoms with van der Waals surface area (Å²) in [7, 11) is 0. The first-order valence-electron chi connectivity index (χ1n) is 8.01. The van der Waals surface area contributed by atoms with Crippen molar-refractivity contribution in [1.29, 1.82) is 0 Å². The molecule has 1 heterocycles. The van der Waals surface area contributed by atoms with E-state index in [4.69, 9.17) is 0 Å². The van der Waals surface area contributed by atoms with Crippen LogP contribution >= 0.6 is 11.8 Å². The lowest BCUT2D eigenvalue weighted by Crippen LogP contribution is -2.36. The summed E-state index contributed by atoms with van der Waals surface area (Å²) in [6, 6.07) is 8.18. The number of fused-ring (bicyclic) bond motifs is 4. The highest BCUT2D eigenvalue weighted by Gasteiger charge is 2.45. The van der Waals surface area contributed by atoms with Crippen LogP contribution in [0.4, 0.5) is 17.6 Å². The van der Waals surface area contributed by atoms with E-state index in [1.54, 1.807) is 6.07 Å². The first-order chi connectivity index (χ1) is 11.8.